The van der Waals surface area contributed by atoms with Crippen LogP contribution in [0, 0.1) is 23.7 Å². The Bertz CT molecular complexity index is 1020. The lowest BCUT2D eigenvalue weighted by Gasteiger charge is -2.33. The minimum Gasteiger partial charge on any atom is -0.444 e. The van der Waals surface area contributed by atoms with E-state index in [2.05, 4.69) is 28.2 Å². The number of carbonyl (C=O) groups excluding carboxylic acids is 4. The third kappa shape index (κ3) is 13.7. The van der Waals surface area contributed by atoms with Crippen molar-refractivity contribution in [1.29, 1.82) is 0 Å². The van der Waals surface area contributed by atoms with Crippen molar-refractivity contribution in [3.63, 3.8) is 0 Å². The van der Waals surface area contributed by atoms with Crippen LogP contribution in [-0.2, 0) is 14.3 Å². The van der Waals surface area contributed by atoms with Crippen molar-refractivity contribution < 1.29 is 29.0 Å². The molecular weight excluding hydrogens is 536 g/mol. The maximum absolute atomic E-state index is 13.1. The summed E-state index contributed by atoms with van der Waals surface area (Å²) >= 11 is 0. The van der Waals surface area contributed by atoms with Crippen LogP contribution in [0.1, 0.15) is 98.4 Å². The Labute approximate surface area is 252 Å². The monoisotopic (exact) mass is 590 g/mol. The van der Waals surface area contributed by atoms with Gasteiger partial charge in [-0.25, -0.2) is 4.79 Å². The molecule has 0 saturated heterocycles. The number of aliphatic hydroxyl groups is 1. The second-order valence-corrected chi connectivity index (χ2v) is 12.7. The summed E-state index contributed by atoms with van der Waals surface area (Å²) in [6.07, 6.45) is 0.656. The first-order valence-corrected chi connectivity index (χ1v) is 15.2. The van der Waals surface area contributed by atoms with Gasteiger partial charge in [-0.15, -0.1) is 0 Å². The van der Waals surface area contributed by atoms with Gasteiger partial charge in [-0.1, -0.05) is 53.2 Å². The number of para-hydroxylation sites is 1. The molecule has 0 radical (unpaired) electrons. The molecule has 1 rings (SSSR count). The number of unbranched alkanes of at least 4 members (excludes halogenated alkanes) is 1. The highest BCUT2D eigenvalue weighted by Crippen LogP contribution is 2.25. The molecule has 4 atom stereocenters. The Kier molecular flexibility index (Phi) is 15.6. The Morgan fingerprint density at radius 3 is 2.14 bits per heavy atom. The molecule has 1 aromatic carbocycles. The number of anilines is 1. The summed E-state index contributed by atoms with van der Waals surface area (Å²) in [5.41, 5.74) is 0.0272. The molecule has 1 aromatic rings. The summed E-state index contributed by atoms with van der Waals surface area (Å²) in [6, 6.07) is 6.04. The fourth-order valence-corrected chi connectivity index (χ4v) is 4.61. The Morgan fingerprint density at radius 1 is 0.952 bits per heavy atom. The smallest absolute Gasteiger partial charge is 0.407 e. The molecule has 0 aliphatic rings. The Hall–Kier alpha value is -3.14. The number of alkyl carbamates (subject to hydrolysis) is 1. The Balaban J connectivity index is 3.14. The topological polar surface area (TPSA) is 146 Å². The van der Waals surface area contributed by atoms with Crippen molar-refractivity contribution in [2.45, 2.75) is 106 Å². The second-order valence-electron chi connectivity index (χ2n) is 12.7. The van der Waals surface area contributed by atoms with E-state index in [9.17, 15) is 24.3 Å². The van der Waals surface area contributed by atoms with Gasteiger partial charge in [0.1, 0.15) is 5.60 Å². The maximum atomic E-state index is 13.1. The van der Waals surface area contributed by atoms with E-state index in [1.54, 1.807) is 45.0 Å². The molecule has 10 heteroatoms. The van der Waals surface area contributed by atoms with Crippen LogP contribution >= 0.6 is 0 Å². The summed E-state index contributed by atoms with van der Waals surface area (Å²) in [7, 11) is 0. The highest BCUT2D eigenvalue weighted by molar-refractivity contribution is 6.03. The maximum Gasteiger partial charge on any atom is 0.407 e. The number of hydrogen-bond acceptors (Lipinski definition) is 6. The van der Waals surface area contributed by atoms with E-state index < -0.39 is 29.8 Å². The fraction of sp³-hybridized carbons (Fsp3) is 0.688. The van der Waals surface area contributed by atoms with Gasteiger partial charge in [0.2, 0.25) is 11.8 Å². The van der Waals surface area contributed by atoms with Gasteiger partial charge in [-0.3, -0.25) is 14.4 Å². The molecule has 0 fully saturated rings. The van der Waals surface area contributed by atoms with Gasteiger partial charge in [-0.2, -0.15) is 0 Å². The summed E-state index contributed by atoms with van der Waals surface area (Å²) in [5.74, 6) is -1.24. The first-order chi connectivity index (χ1) is 19.5. The van der Waals surface area contributed by atoms with Crippen LogP contribution in [0.2, 0.25) is 0 Å². The third-order valence-corrected chi connectivity index (χ3v) is 7.14. The molecular formula is C32H54N4O6. The molecule has 10 nitrogen and oxygen atoms in total. The number of aliphatic hydroxyl groups excluding tert-OH is 1. The summed E-state index contributed by atoms with van der Waals surface area (Å²) in [5, 5.41) is 22.9. The third-order valence-electron chi connectivity index (χ3n) is 7.14. The normalized spacial score (nSPS) is 14.5. The molecule has 238 valence electrons. The van der Waals surface area contributed by atoms with Crippen LogP contribution in [-0.4, -0.2) is 59.8 Å². The number of nitrogens with one attached hydrogen (secondary N) is 4. The quantitative estimate of drug-likeness (QED) is 0.174. The lowest BCUT2D eigenvalue weighted by atomic mass is 9.82. The number of amides is 4. The van der Waals surface area contributed by atoms with Crippen molar-refractivity contribution in [2.75, 3.05) is 18.4 Å². The second kappa shape index (κ2) is 17.7. The van der Waals surface area contributed by atoms with E-state index in [-0.39, 0.29) is 48.4 Å². The molecule has 0 heterocycles. The minimum atomic E-state index is -1.03. The molecule has 42 heavy (non-hydrogen) atoms. The van der Waals surface area contributed by atoms with Crippen LogP contribution in [0.15, 0.2) is 24.3 Å². The zero-order valence-electron chi connectivity index (χ0n) is 27.0. The van der Waals surface area contributed by atoms with Gasteiger partial charge in [-0.05, 0) is 69.9 Å². The van der Waals surface area contributed by atoms with Gasteiger partial charge in [0.25, 0.3) is 5.91 Å². The molecule has 5 N–H and O–H groups in total. The average Bonchev–Trinajstić information content (AvgIpc) is 2.87. The van der Waals surface area contributed by atoms with E-state index in [0.717, 1.165) is 12.8 Å². The molecule has 0 aromatic heterocycles. The number of hydrogen-bond donors (Lipinski definition) is 5. The predicted molar refractivity (Wildman–Crippen MR) is 166 cm³/mol. The number of ether oxygens (including phenoxy) is 1. The number of carbonyl (C=O) groups is 4. The van der Waals surface area contributed by atoms with Gasteiger partial charge in [0, 0.05) is 25.9 Å². The largest absolute Gasteiger partial charge is 0.444 e. The van der Waals surface area contributed by atoms with Crippen molar-refractivity contribution >= 4 is 29.5 Å². The summed E-state index contributed by atoms with van der Waals surface area (Å²) < 4.78 is 5.48. The standard InChI is InChI=1S/C32H54N4O6/c1-10-11-16-33-30(40)25(21(4)5)18-28(38)27(36-31(41)42-32(7,8)9)17-23(20(2)3)19-34-29(39)24-14-12-13-15-26(24)35-22(6)37/h12-15,20-21,23,25,27-28,38H,10-11,16-19H2,1-9H3,(H,33,40)(H,34,39)(H,35,37)(H,36,41)/t23-,25+,27+,28+/m1/s1. The minimum absolute atomic E-state index is 0.0210. The molecule has 0 bridgehead atoms. The van der Waals surface area contributed by atoms with E-state index >= 15 is 0 Å². The van der Waals surface area contributed by atoms with E-state index in [0.29, 0.717) is 24.2 Å². The van der Waals surface area contributed by atoms with Crippen LogP contribution in [0.25, 0.3) is 0 Å². The van der Waals surface area contributed by atoms with Crippen molar-refractivity contribution in [3.8, 4) is 0 Å². The molecule has 0 saturated carbocycles. The van der Waals surface area contributed by atoms with Crippen LogP contribution in [0.3, 0.4) is 0 Å². The van der Waals surface area contributed by atoms with Gasteiger partial charge >= 0.3 is 6.09 Å². The first-order valence-electron chi connectivity index (χ1n) is 15.2. The zero-order valence-corrected chi connectivity index (χ0v) is 27.0. The highest BCUT2D eigenvalue weighted by atomic mass is 16.6. The van der Waals surface area contributed by atoms with E-state index in [1.807, 2.05) is 27.7 Å². The van der Waals surface area contributed by atoms with Crippen LogP contribution in [0.4, 0.5) is 10.5 Å². The van der Waals surface area contributed by atoms with E-state index in [1.165, 1.54) is 6.92 Å². The fourth-order valence-electron chi connectivity index (χ4n) is 4.61. The highest BCUT2D eigenvalue weighted by Gasteiger charge is 2.33. The van der Waals surface area contributed by atoms with E-state index in [4.69, 9.17) is 4.74 Å². The SMILES string of the molecule is CCCCNC(=O)[C@@H](C[C@H](O)[C@H](C[C@H](CNC(=O)c1ccccc1NC(C)=O)C(C)C)NC(=O)OC(C)(C)C)C(C)C. The van der Waals surface area contributed by atoms with Crippen LogP contribution in [0.5, 0.6) is 0 Å². The van der Waals surface area contributed by atoms with Crippen molar-refractivity contribution in [3.05, 3.63) is 29.8 Å². The Morgan fingerprint density at radius 2 is 1.60 bits per heavy atom. The lowest BCUT2D eigenvalue weighted by molar-refractivity contribution is -0.127. The van der Waals surface area contributed by atoms with Gasteiger partial charge in [0.15, 0.2) is 0 Å². The van der Waals surface area contributed by atoms with Crippen LogP contribution < -0.4 is 21.3 Å². The van der Waals surface area contributed by atoms with Crippen molar-refractivity contribution in [1.82, 2.24) is 16.0 Å². The molecule has 0 unspecified atom stereocenters. The molecule has 4 amide bonds. The van der Waals surface area contributed by atoms with Crippen molar-refractivity contribution in [2.24, 2.45) is 23.7 Å². The zero-order chi connectivity index (χ0) is 32.0. The lowest BCUT2D eigenvalue weighted by Crippen LogP contribution is -2.49. The number of benzene rings is 1. The molecule has 0 spiro atoms. The average molecular weight is 591 g/mol. The first kappa shape index (κ1) is 36.9. The number of rotatable bonds is 16. The molecule has 0 aliphatic carbocycles. The summed E-state index contributed by atoms with van der Waals surface area (Å²) in [4.78, 5) is 50.4. The molecule has 0 aliphatic heterocycles. The predicted octanol–water partition coefficient (Wildman–Crippen LogP) is 4.87. The summed E-state index contributed by atoms with van der Waals surface area (Å²) in [6.45, 7) is 17.5. The van der Waals surface area contributed by atoms with Gasteiger partial charge < -0.3 is 31.1 Å². The van der Waals surface area contributed by atoms with Gasteiger partial charge in [0.05, 0.1) is 23.4 Å².